The van der Waals surface area contributed by atoms with Gasteiger partial charge in [-0.2, -0.15) is 5.10 Å². The molecule has 0 radical (unpaired) electrons. The lowest BCUT2D eigenvalue weighted by Gasteiger charge is -2.07. The van der Waals surface area contributed by atoms with E-state index in [1.54, 1.807) is 7.11 Å². The fraction of sp³-hybridized carbons (Fsp3) is 0.357. The van der Waals surface area contributed by atoms with Crippen LogP contribution in [0.15, 0.2) is 30.3 Å². The Morgan fingerprint density at radius 3 is 2.72 bits per heavy atom. The first-order valence-electron chi connectivity index (χ1n) is 6.22. The van der Waals surface area contributed by atoms with Gasteiger partial charge in [-0.3, -0.25) is 5.10 Å². The van der Waals surface area contributed by atoms with Crippen molar-refractivity contribution in [1.82, 2.24) is 10.2 Å². The van der Waals surface area contributed by atoms with E-state index >= 15 is 0 Å². The van der Waals surface area contributed by atoms with Gasteiger partial charge in [0.2, 0.25) is 0 Å². The fourth-order valence-electron chi connectivity index (χ4n) is 1.95. The van der Waals surface area contributed by atoms with Gasteiger partial charge in [-0.1, -0.05) is 37.3 Å². The fourth-order valence-corrected chi connectivity index (χ4v) is 1.95. The summed E-state index contributed by atoms with van der Waals surface area (Å²) in [4.78, 5) is 0. The van der Waals surface area contributed by atoms with E-state index in [2.05, 4.69) is 34.6 Å². The Kier molecular flexibility index (Phi) is 4.36. The van der Waals surface area contributed by atoms with E-state index in [9.17, 15) is 0 Å². The third kappa shape index (κ3) is 2.71. The molecule has 0 aliphatic carbocycles. The maximum Gasteiger partial charge on any atom is 0.156 e. The van der Waals surface area contributed by atoms with Gasteiger partial charge in [-0.15, -0.1) is 0 Å². The highest BCUT2D eigenvalue weighted by molar-refractivity contribution is 5.77. The third-order valence-electron chi connectivity index (χ3n) is 2.86. The molecule has 1 aromatic carbocycles. The molecular weight excluding hydrogens is 226 g/mol. The molecule has 1 aromatic heterocycles. The second-order valence-corrected chi connectivity index (χ2v) is 4.06. The Labute approximate surface area is 107 Å². The number of nitrogens with zero attached hydrogens (tertiary/aromatic N) is 1. The highest BCUT2D eigenvalue weighted by Gasteiger charge is 2.13. The molecule has 0 unspecified atom stereocenters. The summed E-state index contributed by atoms with van der Waals surface area (Å²) in [7, 11) is 1.70. The molecule has 1 heterocycles. The van der Waals surface area contributed by atoms with Crippen molar-refractivity contribution in [3.8, 4) is 11.1 Å². The first-order chi connectivity index (χ1) is 8.86. The summed E-state index contributed by atoms with van der Waals surface area (Å²) >= 11 is 0. The van der Waals surface area contributed by atoms with Gasteiger partial charge in [-0.25, -0.2) is 0 Å². The van der Waals surface area contributed by atoms with Gasteiger partial charge in [0, 0.05) is 24.9 Å². The summed E-state index contributed by atoms with van der Waals surface area (Å²) < 4.78 is 5.04. The van der Waals surface area contributed by atoms with Crippen molar-refractivity contribution in [3.63, 3.8) is 0 Å². The first-order valence-corrected chi connectivity index (χ1v) is 6.22. The van der Waals surface area contributed by atoms with E-state index in [1.807, 2.05) is 18.2 Å². The number of hydrogen-bond donors (Lipinski definition) is 2. The molecule has 4 nitrogen and oxygen atoms in total. The molecule has 0 saturated heterocycles. The van der Waals surface area contributed by atoms with Crippen molar-refractivity contribution in [3.05, 3.63) is 36.0 Å². The lowest BCUT2D eigenvalue weighted by atomic mass is 10.0. The molecule has 0 amide bonds. The Balaban J connectivity index is 2.28. The van der Waals surface area contributed by atoms with Crippen LogP contribution in [0.2, 0.25) is 0 Å². The van der Waals surface area contributed by atoms with Crippen LogP contribution >= 0.6 is 0 Å². The second kappa shape index (κ2) is 6.21. The molecule has 0 fully saturated rings. The molecule has 96 valence electrons. The van der Waals surface area contributed by atoms with Crippen molar-refractivity contribution in [1.29, 1.82) is 0 Å². The highest BCUT2D eigenvalue weighted by atomic mass is 16.5. The minimum atomic E-state index is 0.669. The molecule has 0 aliphatic heterocycles. The predicted molar refractivity (Wildman–Crippen MR) is 73.8 cm³/mol. The van der Waals surface area contributed by atoms with Gasteiger partial charge in [0.15, 0.2) is 5.82 Å². The summed E-state index contributed by atoms with van der Waals surface area (Å²) in [5.74, 6) is 0.898. The van der Waals surface area contributed by atoms with Crippen LogP contribution in [0.3, 0.4) is 0 Å². The minimum Gasteiger partial charge on any atom is -0.383 e. The average molecular weight is 245 g/mol. The summed E-state index contributed by atoms with van der Waals surface area (Å²) in [6.45, 7) is 3.55. The quantitative estimate of drug-likeness (QED) is 0.769. The van der Waals surface area contributed by atoms with E-state index in [0.29, 0.717) is 6.61 Å². The lowest BCUT2D eigenvalue weighted by molar-refractivity contribution is 0.210. The number of aromatic amines is 1. The van der Waals surface area contributed by atoms with Crippen LogP contribution in [0.4, 0.5) is 5.82 Å². The van der Waals surface area contributed by atoms with Gasteiger partial charge < -0.3 is 10.1 Å². The van der Waals surface area contributed by atoms with Gasteiger partial charge in [0.1, 0.15) is 0 Å². The maximum atomic E-state index is 5.04. The standard InChI is InChI=1S/C14H19N3O/c1-3-12-13(11-7-5-4-6-8-11)14(17-16-12)15-9-10-18-2/h4-8H,3,9-10H2,1-2H3,(H2,15,16,17). The average Bonchev–Trinajstić information content (AvgIpc) is 2.83. The van der Waals surface area contributed by atoms with Crippen molar-refractivity contribution >= 4 is 5.82 Å². The molecule has 18 heavy (non-hydrogen) atoms. The molecule has 0 aliphatic rings. The smallest absolute Gasteiger partial charge is 0.156 e. The van der Waals surface area contributed by atoms with Crippen molar-refractivity contribution in [2.24, 2.45) is 0 Å². The third-order valence-corrected chi connectivity index (χ3v) is 2.86. The number of H-pyrrole nitrogens is 1. The van der Waals surface area contributed by atoms with Gasteiger partial charge >= 0.3 is 0 Å². The number of anilines is 1. The topological polar surface area (TPSA) is 49.9 Å². The van der Waals surface area contributed by atoms with Gasteiger partial charge in [-0.05, 0) is 12.0 Å². The molecule has 0 atom stereocenters. The van der Waals surface area contributed by atoms with E-state index in [-0.39, 0.29) is 0 Å². The monoisotopic (exact) mass is 245 g/mol. The molecule has 0 spiro atoms. The Morgan fingerprint density at radius 1 is 1.28 bits per heavy atom. The Hall–Kier alpha value is -1.81. The van der Waals surface area contributed by atoms with E-state index in [1.165, 1.54) is 5.56 Å². The number of hydrogen-bond acceptors (Lipinski definition) is 3. The van der Waals surface area contributed by atoms with Crippen LogP contribution in [0.1, 0.15) is 12.6 Å². The normalized spacial score (nSPS) is 10.6. The first kappa shape index (κ1) is 12.6. The number of rotatable bonds is 6. The molecule has 2 N–H and O–H groups in total. The molecule has 2 rings (SSSR count). The summed E-state index contributed by atoms with van der Waals surface area (Å²) in [5.41, 5.74) is 3.50. The predicted octanol–water partition coefficient (Wildman–Crippen LogP) is 2.70. The van der Waals surface area contributed by atoms with Crippen molar-refractivity contribution < 1.29 is 4.74 Å². The zero-order valence-corrected chi connectivity index (χ0v) is 10.9. The zero-order chi connectivity index (χ0) is 12.8. The van der Waals surface area contributed by atoms with Crippen LogP contribution in [0, 0.1) is 0 Å². The largest absolute Gasteiger partial charge is 0.383 e. The number of benzene rings is 1. The van der Waals surface area contributed by atoms with Gasteiger partial charge in [0.25, 0.3) is 0 Å². The maximum absolute atomic E-state index is 5.04. The van der Waals surface area contributed by atoms with Crippen LogP contribution in [-0.4, -0.2) is 30.5 Å². The number of aryl methyl sites for hydroxylation is 1. The highest BCUT2D eigenvalue weighted by Crippen LogP contribution is 2.29. The number of aromatic nitrogens is 2. The van der Waals surface area contributed by atoms with Crippen molar-refractivity contribution in [2.45, 2.75) is 13.3 Å². The lowest BCUT2D eigenvalue weighted by Crippen LogP contribution is -2.08. The molecule has 4 heteroatoms. The zero-order valence-electron chi connectivity index (χ0n) is 10.9. The van der Waals surface area contributed by atoms with E-state index in [0.717, 1.165) is 30.0 Å². The molecular formula is C14H19N3O. The Bertz CT molecular complexity index is 479. The number of methoxy groups -OCH3 is 1. The van der Waals surface area contributed by atoms with Crippen LogP contribution < -0.4 is 5.32 Å². The molecule has 2 aromatic rings. The summed E-state index contributed by atoms with van der Waals surface area (Å²) in [6, 6.07) is 10.3. The SMILES string of the molecule is CCc1[nH]nc(NCCOC)c1-c1ccccc1. The minimum absolute atomic E-state index is 0.669. The molecule has 0 saturated carbocycles. The van der Waals surface area contributed by atoms with E-state index in [4.69, 9.17) is 4.74 Å². The van der Waals surface area contributed by atoms with E-state index < -0.39 is 0 Å². The van der Waals surface area contributed by atoms with Crippen LogP contribution in [0.25, 0.3) is 11.1 Å². The Morgan fingerprint density at radius 2 is 2.06 bits per heavy atom. The second-order valence-electron chi connectivity index (χ2n) is 4.06. The van der Waals surface area contributed by atoms with Crippen LogP contribution in [-0.2, 0) is 11.2 Å². The van der Waals surface area contributed by atoms with Crippen molar-refractivity contribution in [2.75, 3.05) is 25.6 Å². The number of nitrogens with one attached hydrogen (secondary N) is 2. The summed E-state index contributed by atoms with van der Waals surface area (Å²) in [6.07, 6.45) is 0.934. The van der Waals surface area contributed by atoms with Gasteiger partial charge in [0.05, 0.1) is 6.61 Å². The number of ether oxygens (including phenoxy) is 1. The van der Waals surface area contributed by atoms with Crippen LogP contribution in [0.5, 0.6) is 0 Å². The summed E-state index contributed by atoms with van der Waals surface area (Å²) in [5, 5.41) is 10.7. The molecule has 0 bridgehead atoms.